The first-order valence-electron chi connectivity index (χ1n) is 6.57. The molecule has 0 saturated heterocycles. The molecule has 8 heteroatoms. The van der Waals surface area contributed by atoms with Crippen LogP contribution in [-0.4, -0.2) is 8.94 Å². The van der Waals surface area contributed by atoms with Gasteiger partial charge < -0.3 is 0 Å². The number of nitrogens with zero attached hydrogens (tertiary/aromatic N) is 2. The zero-order chi connectivity index (χ0) is 16.4. The van der Waals surface area contributed by atoms with Crippen LogP contribution in [0, 0.1) is 17.4 Å². The van der Waals surface area contributed by atoms with Crippen molar-refractivity contribution in [3.63, 3.8) is 0 Å². The number of nitrogens with one attached hydrogen (secondary N) is 1. The van der Waals surface area contributed by atoms with Crippen LogP contribution in [0.1, 0.15) is 5.56 Å². The molecule has 0 saturated carbocycles. The molecule has 118 valence electrons. The van der Waals surface area contributed by atoms with Gasteiger partial charge in [0.2, 0.25) is 9.82 Å². The molecule has 4 nitrogen and oxygen atoms in total. The summed E-state index contributed by atoms with van der Waals surface area (Å²) in [7, 11) is 0. The number of benzene rings is 2. The molecule has 0 bridgehead atoms. The Bertz CT molecular complexity index is 977. The molecule has 0 radical (unpaired) electrons. The summed E-state index contributed by atoms with van der Waals surface area (Å²) in [6, 6.07) is 11.1. The first kappa shape index (κ1) is 16.0. The minimum Gasteiger partial charge on any atom is -0.263 e. The smallest absolute Gasteiger partial charge is 0.263 e. The van der Waals surface area contributed by atoms with Crippen LogP contribution < -0.4 is 10.5 Å². The summed E-state index contributed by atoms with van der Waals surface area (Å²) in [5, 5.41) is 0.973. The molecule has 0 amide bonds. The van der Waals surface area contributed by atoms with Crippen molar-refractivity contribution in [1.29, 1.82) is 0 Å². The summed E-state index contributed by atoms with van der Waals surface area (Å²) in [6.45, 7) is 0.224. The molecule has 23 heavy (non-hydrogen) atoms. The summed E-state index contributed by atoms with van der Waals surface area (Å²) in [4.78, 5) is 16.8. The number of hydrogen-bond donors (Lipinski definition) is 1. The van der Waals surface area contributed by atoms with Gasteiger partial charge in [0.25, 0.3) is 0 Å². The van der Waals surface area contributed by atoms with Gasteiger partial charge in [-0.25, -0.2) is 14.2 Å². The normalized spacial score (nSPS) is 11.9. The number of hydrogen-bond acceptors (Lipinski definition) is 3. The van der Waals surface area contributed by atoms with Crippen LogP contribution in [-0.2, 0) is 6.54 Å². The largest absolute Gasteiger partial charge is 0.337 e. The number of aromatic amines is 1. The van der Waals surface area contributed by atoms with Crippen molar-refractivity contribution in [1.82, 2.24) is 8.94 Å². The summed E-state index contributed by atoms with van der Waals surface area (Å²) < 4.78 is 17.4. The van der Waals surface area contributed by atoms with Gasteiger partial charge >= 0.3 is 5.69 Å². The number of aromatic nitrogens is 2. The lowest BCUT2D eigenvalue weighted by molar-refractivity contribution is -0.288. The molecule has 0 atom stereocenters. The highest BCUT2D eigenvalue weighted by Crippen LogP contribution is 2.22. The Morgan fingerprint density at radius 3 is 2.87 bits per heavy atom. The van der Waals surface area contributed by atoms with Crippen LogP contribution in [0.2, 0.25) is 10.0 Å². The minimum atomic E-state index is -0.346. The van der Waals surface area contributed by atoms with Crippen LogP contribution in [0.3, 0.4) is 0 Å². The molecule has 2 aromatic carbocycles. The van der Waals surface area contributed by atoms with Gasteiger partial charge in [0.1, 0.15) is 10.8 Å². The lowest BCUT2D eigenvalue weighted by atomic mass is 10.2. The molecule has 0 aliphatic carbocycles. The summed E-state index contributed by atoms with van der Waals surface area (Å²) >= 11 is 12.1. The fourth-order valence-electron chi connectivity index (χ4n) is 2.00. The molecule has 1 aromatic heterocycles. The third-order valence-corrected chi connectivity index (χ3v) is 4.63. The molecule has 0 aliphatic heterocycles. The molecule has 0 aliphatic rings. The highest BCUT2D eigenvalue weighted by atomic mass is 35.5. The average Bonchev–Trinajstić information content (AvgIpc) is 2.84. The minimum absolute atomic E-state index is 0.224. The Balaban J connectivity index is 2.03. The first-order valence-corrected chi connectivity index (χ1v) is 8.17. The van der Waals surface area contributed by atoms with E-state index < -0.39 is 0 Å². The highest BCUT2D eigenvalue weighted by Gasteiger charge is 2.07. The van der Waals surface area contributed by atoms with Crippen LogP contribution in [0.4, 0.5) is 10.1 Å². The van der Waals surface area contributed by atoms with E-state index in [4.69, 9.17) is 23.2 Å². The predicted octanol–water partition coefficient (Wildman–Crippen LogP) is 3.01. The third-order valence-electron chi connectivity index (χ3n) is 3.08. The Morgan fingerprint density at radius 1 is 1.30 bits per heavy atom. The van der Waals surface area contributed by atoms with Crippen LogP contribution in [0.25, 0.3) is 0 Å². The zero-order valence-corrected chi connectivity index (χ0v) is 14.0. The van der Waals surface area contributed by atoms with Crippen LogP contribution >= 0.6 is 23.1 Å². The lowest BCUT2D eigenvalue weighted by Gasteiger charge is -2.02. The van der Waals surface area contributed by atoms with Crippen molar-refractivity contribution in [3.05, 3.63) is 79.2 Å². The maximum Gasteiger partial charge on any atom is 0.337 e. The molecule has 0 fully saturated rings. The van der Waals surface area contributed by atoms with Gasteiger partial charge in [-0.05, 0) is 41.4 Å². The van der Waals surface area contributed by atoms with Gasteiger partial charge in [0.15, 0.2) is 11.6 Å². The predicted molar refractivity (Wildman–Crippen MR) is 85.7 cm³/mol. The third kappa shape index (κ3) is 3.72. The molecular weight excluding hydrogens is 360 g/mol. The fraction of sp³-hybridized carbons (Fsp3) is 0.0667. The molecular formula is C15H11Cl2FN3OS+. The molecule has 3 rings (SSSR count). The maximum absolute atomic E-state index is 13.3. The van der Waals surface area contributed by atoms with Gasteiger partial charge in [0.05, 0.1) is 12.2 Å². The van der Waals surface area contributed by atoms with Crippen molar-refractivity contribution in [2.45, 2.75) is 6.54 Å². The van der Waals surface area contributed by atoms with E-state index in [9.17, 15) is 9.18 Å². The van der Waals surface area contributed by atoms with Gasteiger partial charge in [-0.2, -0.15) is 0 Å². The Labute approximate surface area is 144 Å². The number of H-pyrrole nitrogens is 1. The SMILES string of the molecule is O=c1[nH]sc(=Nc2ccc([ClH+])c(Cl)c2)n1Cc1cccc(F)c1. The van der Waals surface area contributed by atoms with E-state index in [1.54, 1.807) is 30.3 Å². The number of rotatable bonds is 3. The molecule has 3 aromatic rings. The summed E-state index contributed by atoms with van der Waals surface area (Å²) in [5.41, 5.74) is 0.963. The van der Waals surface area contributed by atoms with Gasteiger partial charge in [-0.15, -0.1) is 0 Å². The van der Waals surface area contributed by atoms with Gasteiger partial charge in [-0.3, -0.25) is 8.94 Å². The van der Waals surface area contributed by atoms with Crippen molar-refractivity contribution in [2.24, 2.45) is 4.99 Å². The number of halogens is 3. The topological polar surface area (TPSA) is 50.1 Å². The molecule has 0 unspecified atom stereocenters. The standard InChI is InChI=1S/C15H10Cl2FN3OS/c16-12-5-4-11(7-13(12)17)19-15-21(14(22)20-23-15)8-9-2-1-3-10(18)6-9/h1-7,16H,8H2/p+1. The average molecular weight is 371 g/mol. The van der Waals surface area contributed by atoms with Crippen LogP contribution in [0.15, 0.2) is 52.3 Å². The van der Waals surface area contributed by atoms with E-state index in [0.29, 0.717) is 26.1 Å². The van der Waals surface area contributed by atoms with E-state index in [-0.39, 0.29) is 18.1 Å². The Kier molecular flexibility index (Phi) is 4.66. The summed E-state index contributed by atoms with van der Waals surface area (Å²) in [5.74, 6) is -0.346. The fourth-order valence-corrected chi connectivity index (χ4v) is 3.00. The second-order valence-corrected chi connectivity index (χ2v) is 6.35. The highest BCUT2D eigenvalue weighted by molar-refractivity contribution is 7.02. The molecule has 0 spiro atoms. The maximum atomic E-state index is 13.3. The zero-order valence-electron chi connectivity index (χ0n) is 11.6. The Hall–Kier alpha value is -1.89. The van der Waals surface area contributed by atoms with E-state index in [1.165, 1.54) is 16.7 Å². The quantitative estimate of drug-likeness (QED) is 0.756. The monoisotopic (exact) mass is 370 g/mol. The molecule has 1 N–H and O–H groups in total. The van der Waals surface area contributed by atoms with Crippen molar-refractivity contribution in [2.75, 3.05) is 0 Å². The first-order chi connectivity index (χ1) is 11.0. The Morgan fingerprint density at radius 2 is 2.13 bits per heavy atom. The van der Waals surface area contributed by atoms with Crippen molar-refractivity contribution in [3.8, 4) is 0 Å². The van der Waals surface area contributed by atoms with Crippen molar-refractivity contribution >= 4 is 28.8 Å². The van der Waals surface area contributed by atoms with E-state index in [0.717, 1.165) is 11.5 Å². The van der Waals surface area contributed by atoms with Crippen molar-refractivity contribution < 1.29 is 16.0 Å². The second-order valence-electron chi connectivity index (χ2n) is 4.73. The van der Waals surface area contributed by atoms with Gasteiger partial charge in [-0.1, -0.05) is 23.7 Å². The van der Waals surface area contributed by atoms with Crippen LogP contribution in [0.5, 0.6) is 0 Å². The summed E-state index contributed by atoms with van der Waals surface area (Å²) in [6.07, 6.45) is 0. The van der Waals surface area contributed by atoms with E-state index in [1.807, 2.05) is 0 Å². The molecule has 1 heterocycles. The van der Waals surface area contributed by atoms with E-state index >= 15 is 0 Å². The second kappa shape index (κ2) is 6.70. The van der Waals surface area contributed by atoms with E-state index in [2.05, 4.69) is 9.37 Å². The van der Waals surface area contributed by atoms with Gasteiger partial charge in [0, 0.05) is 6.07 Å². The lowest BCUT2D eigenvalue weighted by Crippen LogP contribution is -2.27.